The fraction of sp³-hybridized carbons (Fsp3) is 0.500. The standard InChI is InChI=1S/C16H19N5O3/c1-11-8-17-19(9-11)10-12-7-13(18-24-12)16(23)21-6-4-15(22)20-5-2-3-14(20)21/h7-9,14H,2-6,10H2,1H3. The first-order valence-corrected chi connectivity index (χ1v) is 8.17. The number of aromatic nitrogens is 3. The zero-order chi connectivity index (χ0) is 16.7. The predicted octanol–water partition coefficient (Wildman–Crippen LogP) is 1.02. The van der Waals surface area contributed by atoms with Crippen molar-refractivity contribution in [3.63, 3.8) is 0 Å². The maximum Gasteiger partial charge on any atom is 0.277 e. The van der Waals surface area contributed by atoms with Gasteiger partial charge in [0.15, 0.2) is 11.5 Å². The predicted molar refractivity (Wildman–Crippen MR) is 83.0 cm³/mol. The third-order valence-electron chi connectivity index (χ3n) is 4.59. The average Bonchev–Trinajstić information content (AvgIpc) is 3.29. The maximum absolute atomic E-state index is 12.8. The number of hydrogen-bond donors (Lipinski definition) is 0. The van der Waals surface area contributed by atoms with E-state index in [-0.39, 0.29) is 23.7 Å². The largest absolute Gasteiger partial charge is 0.359 e. The SMILES string of the molecule is Cc1cnn(Cc2cc(C(=O)N3CCC(=O)N4CCCC43)no2)c1. The molecule has 0 aromatic carbocycles. The molecule has 8 heteroatoms. The van der Waals surface area contributed by atoms with Crippen molar-refractivity contribution in [1.82, 2.24) is 24.7 Å². The molecule has 8 nitrogen and oxygen atoms in total. The fourth-order valence-corrected chi connectivity index (χ4v) is 3.46. The van der Waals surface area contributed by atoms with Crippen LogP contribution in [0.5, 0.6) is 0 Å². The van der Waals surface area contributed by atoms with Crippen LogP contribution >= 0.6 is 0 Å². The summed E-state index contributed by atoms with van der Waals surface area (Å²) in [5, 5.41) is 8.11. The normalized spacial score (nSPS) is 20.5. The highest BCUT2D eigenvalue weighted by molar-refractivity contribution is 5.93. The minimum absolute atomic E-state index is 0.132. The highest BCUT2D eigenvalue weighted by atomic mass is 16.5. The Balaban J connectivity index is 1.49. The summed E-state index contributed by atoms with van der Waals surface area (Å²) in [6, 6.07) is 1.66. The van der Waals surface area contributed by atoms with Gasteiger partial charge in [-0.25, -0.2) is 0 Å². The number of amides is 2. The Morgan fingerprint density at radius 1 is 1.42 bits per heavy atom. The lowest BCUT2D eigenvalue weighted by Gasteiger charge is -2.39. The molecule has 24 heavy (non-hydrogen) atoms. The van der Waals surface area contributed by atoms with Gasteiger partial charge in [0, 0.05) is 31.8 Å². The van der Waals surface area contributed by atoms with Crippen molar-refractivity contribution in [2.45, 2.75) is 38.9 Å². The van der Waals surface area contributed by atoms with Gasteiger partial charge in [-0.15, -0.1) is 0 Å². The van der Waals surface area contributed by atoms with Crippen molar-refractivity contribution in [2.24, 2.45) is 0 Å². The third kappa shape index (κ3) is 2.57. The Morgan fingerprint density at radius 2 is 2.29 bits per heavy atom. The van der Waals surface area contributed by atoms with E-state index < -0.39 is 0 Å². The number of carbonyl (C=O) groups is 2. The number of aryl methyl sites for hydroxylation is 1. The summed E-state index contributed by atoms with van der Waals surface area (Å²) in [5.74, 6) is 0.542. The van der Waals surface area contributed by atoms with Gasteiger partial charge in [-0.05, 0) is 25.3 Å². The van der Waals surface area contributed by atoms with Gasteiger partial charge < -0.3 is 14.3 Å². The number of hydrogen-bond acceptors (Lipinski definition) is 5. The van der Waals surface area contributed by atoms with Crippen LogP contribution in [0.3, 0.4) is 0 Å². The molecule has 1 atom stereocenters. The molecule has 0 bridgehead atoms. The van der Waals surface area contributed by atoms with Crippen LogP contribution in [0.4, 0.5) is 0 Å². The first-order valence-electron chi connectivity index (χ1n) is 8.17. The highest BCUT2D eigenvalue weighted by Crippen LogP contribution is 2.27. The minimum Gasteiger partial charge on any atom is -0.359 e. The molecule has 2 aliphatic rings. The highest BCUT2D eigenvalue weighted by Gasteiger charge is 2.40. The van der Waals surface area contributed by atoms with E-state index in [0.29, 0.717) is 25.3 Å². The lowest BCUT2D eigenvalue weighted by molar-refractivity contribution is -0.139. The molecule has 4 rings (SSSR count). The minimum atomic E-state index is -0.175. The van der Waals surface area contributed by atoms with E-state index in [0.717, 1.165) is 24.9 Å². The van der Waals surface area contributed by atoms with E-state index in [2.05, 4.69) is 10.3 Å². The summed E-state index contributed by atoms with van der Waals surface area (Å²) in [6.45, 7) is 3.57. The Bertz CT molecular complexity index is 780. The first-order chi connectivity index (χ1) is 11.6. The Hall–Kier alpha value is -2.64. The van der Waals surface area contributed by atoms with Crippen molar-refractivity contribution in [3.8, 4) is 0 Å². The van der Waals surface area contributed by atoms with Crippen LogP contribution in [0, 0.1) is 6.92 Å². The Labute approximate surface area is 139 Å². The molecule has 0 aliphatic carbocycles. The molecule has 2 aliphatic heterocycles. The Kier molecular flexibility index (Phi) is 3.59. The quantitative estimate of drug-likeness (QED) is 0.839. The molecular formula is C16H19N5O3. The number of nitrogens with zero attached hydrogens (tertiary/aromatic N) is 5. The summed E-state index contributed by atoms with van der Waals surface area (Å²) < 4.78 is 7.02. The Morgan fingerprint density at radius 3 is 3.08 bits per heavy atom. The monoisotopic (exact) mass is 329 g/mol. The van der Waals surface area contributed by atoms with Crippen LogP contribution in [0.1, 0.15) is 41.1 Å². The van der Waals surface area contributed by atoms with Crippen LogP contribution in [-0.2, 0) is 11.3 Å². The van der Waals surface area contributed by atoms with Gasteiger partial charge in [-0.1, -0.05) is 5.16 Å². The van der Waals surface area contributed by atoms with E-state index in [1.54, 1.807) is 26.7 Å². The van der Waals surface area contributed by atoms with E-state index >= 15 is 0 Å². The molecule has 0 spiro atoms. The van der Waals surface area contributed by atoms with Crippen LogP contribution in [0.25, 0.3) is 0 Å². The van der Waals surface area contributed by atoms with Gasteiger partial charge in [0.05, 0.1) is 6.20 Å². The van der Waals surface area contributed by atoms with Crippen molar-refractivity contribution >= 4 is 11.8 Å². The van der Waals surface area contributed by atoms with Gasteiger partial charge in [0.2, 0.25) is 5.91 Å². The maximum atomic E-state index is 12.8. The van der Waals surface area contributed by atoms with Crippen molar-refractivity contribution in [1.29, 1.82) is 0 Å². The topological polar surface area (TPSA) is 84.5 Å². The van der Waals surface area contributed by atoms with Crippen LogP contribution < -0.4 is 0 Å². The fourth-order valence-electron chi connectivity index (χ4n) is 3.46. The van der Waals surface area contributed by atoms with E-state index in [4.69, 9.17) is 4.52 Å². The summed E-state index contributed by atoms with van der Waals surface area (Å²) in [6.07, 6.45) is 5.67. The molecule has 4 heterocycles. The summed E-state index contributed by atoms with van der Waals surface area (Å²) >= 11 is 0. The number of rotatable bonds is 3. The second kappa shape index (κ2) is 5.77. The van der Waals surface area contributed by atoms with Crippen molar-refractivity contribution in [3.05, 3.63) is 35.5 Å². The van der Waals surface area contributed by atoms with E-state index in [1.807, 2.05) is 13.1 Å². The van der Waals surface area contributed by atoms with Gasteiger partial charge in [0.1, 0.15) is 12.7 Å². The summed E-state index contributed by atoms with van der Waals surface area (Å²) in [7, 11) is 0. The molecule has 2 amide bonds. The van der Waals surface area contributed by atoms with Crippen LogP contribution in [0.2, 0.25) is 0 Å². The third-order valence-corrected chi connectivity index (χ3v) is 4.59. The lowest BCUT2D eigenvalue weighted by atomic mass is 10.2. The molecule has 2 aromatic heterocycles. The zero-order valence-corrected chi connectivity index (χ0v) is 13.5. The first kappa shape index (κ1) is 14.9. The average molecular weight is 329 g/mol. The van der Waals surface area contributed by atoms with Crippen molar-refractivity contribution < 1.29 is 14.1 Å². The molecule has 0 N–H and O–H groups in total. The lowest BCUT2D eigenvalue weighted by Crippen LogP contribution is -2.55. The second-order valence-electron chi connectivity index (χ2n) is 6.35. The second-order valence-corrected chi connectivity index (χ2v) is 6.35. The molecular weight excluding hydrogens is 310 g/mol. The van der Waals surface area contributed by atoms with Crippen LogP contribution in [-0.4, -0.2) is 55.8 Å². The number of fused-ring (bicyclic) bond motifs is 1. The van der Waals surface area contributed by atoms with Gasteiger partial charge in [-0.2, -0.15) is 5.10 Å². The molecule has 0 radical (unpaired) electrons. The van der Waals surface area contributed by atoms with E-state index in [1.165, 1.54) is 0 Å². The number of carbonyl (C=O) groups excluding carboxylic acids is 2. The van der Waals surface area contributed by atoms with Gasteiger partial charge >= 0.3 is 0 Å². The smallest absolute Gasteiger partial charge is 0.277 e. The molecule has 126 valence electrons. The molecule has 2 aromatic rings. The molecule has 2 saturated heterocycles. The van der Waals surface area contributed by atoms with Gasteiger partial charge in [0.25, 0.3) is 5.91 Å². The molecule has 2 fully saturated rings. The van der Waals surface area contributed by atoms with Crippen LogP contribution in [0.15, 0.2) is 23.0 Å². The molecule has 1 unspecified atom stereocenters. The summed E-state index contributed by atoms with van der Waals surface area (Å²) in [5.41, 5.74) is 1.35. The molecule has 0 saturated carbocycles. The van der Waals surface area contributed by atoms with E-state index in [9.17, 15) is 9.59 Å². The zero-order valence-electron chi connectivity index (χ0n) is 13.5. The summed E-state index contributed by atoms with van der Waals surface area (Å²) in [4.78, 5) is 28.2. The van der Waals surface area contributed by atoms with Crippen molar-refractivity contribution in [2.75, 3.05) is 13.1 Å². The van der Waals surface area contributed by atoms with Gasteiger partial charge in [-0.3, -0.25) is 14.3 Å².